The second-order valence-electron chi connectivity index (χ2n) is 7.44. The molecule has 0 aromatic carbocycles. The highest BCUT2D eigenvalue weighted by atomic mass is 16.6. The van der Waals surface area contributed by atoms with Crippen molar-refractivity contribution in [2.45, 2.75) is 0 Å². The van der Waals surface area contributed by atoms with E-state index in [0.29, 0.717) is 125 Å². The smallest absolute Gasteiger partial charge is 0.0701 e. The summed E-state index contributed by atoms with van der Waals surface area (Å²) in [7, 11) is 0. The van der Waals surface area contributed by atoms with Crippen LogP contribution >= 0.6 is 0 Å². The van der Waals surface area contributed by atoms with Crippen molar-refractivity contribution in [1.29, 1.82) is 0 Å². The van der Waals surface area contributed by atoms with Gasteiger partial charge in [0.05, 0.1) is 106 Å². The Kier molecular flexibility index (Phi) is 31.7. The van der Waals surface area contributed by atoms with Crippen LogP contribution in [-0.2, 0) is 37.9 Å². The van der Waals surface area contributed by atoms with Gasteiger partial charge in [-0.2, -0.15) is 0 Å². The molecule has 0 aliphatic carbocycles. The summed E-state index contributed by atoms with van der Waals surface area (Å²) >= 11 is 0. The molecule has 0 atom stereocenters. The molecule has 0 unspecified atom stereocenters. The lowest BCUT2D eigenvalue weighted by atomic mass is 10.4. The van der Waals surface area contributed by atoms with Gasteiger partial charge in [0.25, 0.3) is 0 Å². The molecule has 0 aliphatic heterocycles. The van der Waals surface area contributed by atoms with E-state index >= 15 is 0 Å². The molecule has 0 rings (SSSR count). The van der Waals surface area contributed by atoms with E-state index in [0.717, 1.165) is 19.6 Å². The van der Waals surface area contributed by atoms with Gasteiger partial charge in [0.2, 0.25) is 0 Å². The zero-order valence-electron chi connectivity index (χ0n) is 22.5. The maximum absolute atomic E-state index is 8.18. The number of ether oxygens (including phenoxy) is 8. The zero-order chi connectivity index (χ0) is 27.6. The minimum Gasteiger partial charge on any atom is -0.379 e. The molecular weight excluding hydrogens is 504 g/mol. The Balaban J connectivity index is 3.85. The topological polar surface area (TPSA) is 201 Å². The van der Waals surface area contributed by atoms with Gasteiger partial charge in [-0.3, -0.25) is 4.90 Å². The second-order valence-corrected chi connectivity index (χ2v) is 7.44. The third kappa shape index (κ3) is 30.4. The average Bonchev–Trinajstić information content (AvgIpc) is 2.93. The van der Waals surface area contributed by atoms with Crippen LogP contribution in [0.25, 0.3) is 20.9 Å². The van der Waals surface area contributed by atoms with Crippen LogP contribution in [0, 0.1) is 0 Å². The lowest BCUT2D eigenvalue weighted by Gasteiger charge is -2.22. The highest BCUT2D eigenvalue weighted by molar-refractivity contribution is 4.57. The van der Waals surface area contributed by atoms with Crippen molar-refractivity contribution in [1.82, 2.24) is 4.90 Å². The normalized spacial score (nSPS) is 11.0. The molecule has 0 radical (unpaired) electrons. The molecule has 0 saturated carbocycles. The number of nitrogens with zero attached hydrogens (tertiary/aromatic N) is 7. The molecule has 0 heterocycles. The second kappa shape index (κ2) is 33.2. The van der Waals surface area contributed by atoms with Crippen molar-refractivity contribution >= 4 is 0 Å². The summed E-state index contributed by atoms with van der Waals surface area (Å²) in [6.45, 7) is 11.2. The third-order valence-corrected chi connectivity index (χ3v) is 4.58. The van der Waals surface area contributed by atoms with Crippen molar-refractivity contribution in [2.75, 3.05) is 145 Å². The fourth-order valence-electron chi connectivity index (χ4n) is 2.71. The van der Waals surface area contributed by atoms with Crippen molar-refractivity contribution < 1.29 is 37.9 Å². The van der Waals surface area contributed by atoms with Gasteiger partial charge in [0.1, 0.15) is 0 Å². The number of hydrogen-bond donors (Lipinski definition) is 1. The summed E-state index contributed by atoms with van der Waals surface area (Å²) in [6.07, 6.45) is 0. The molecule has 0 amide bonds. The summed E-state index contributed by atoms with van der Waals surface area (Å²) in [5.41, 5.74) is 21.8. The lowest BCUT2D eigenvalue weighted by molar-refractivity contribution is -0.00193. The van der Waals surface area contributed by atoms with Gasteiger partial charge >= 0.3 is 0 Å². The molecule has 16 nitrogen and oxygen atoms in total. The van der Waals surface area contributed by atoms with Gasteiger partial charge in [-0.1, -0.05) is 10.2 Å². The van der Waals surface area contributed by atoms with Crippen LogP contribution in [0.2, 0.25) is 0 Å². The van der Waals surface area contributed by atoms with Gasteiger partial charge in [-0.25, -0.2) is 0 Å². The maximum Gasteiger partial charge on any atom is 0.0701 e. The fraction of sp³-hybridized carbons (Fsp3) is 1.00. The number of nitrogens with two attached hydrogens (primary N) is 1. The Morgan fingerprint density at radius 2 is 0.737 bits per heavy atom. The Labute approximate surface area is 225 Å². The van der Waals surface area contributed by atoms with Crippen LogP contribution in [-0.4, -0.2) is 150 Å². The van der Waals surface area contributed by atoms with E-state index in [-0.39, 0.29) is 0 Å². The summed E-state index contributed by atoms with van der Waals surface area (Å²) < 4.78 is 43.7. The first kappa shape index (κ1) is 36.2. The zero-order valence-corrected chi connectivity index (χ0v) is 22.5. The SMILES string of the molecule is [N-]=[N+]=NCCOCCOCCOCCN(CCOCCOCCN)CCOCCOCCOCCN=[N+]=[N-]. The van der Waals surface area contributed by atoms with Gasteiger partial charge in [0, 0.05) is 49.1 Å². The highest BCUT2D eigenvalue weighted by Gasteiger charge is 2.06. The molecule has 222 valence electrons. The molecule has 0 fully saturated rings. The van der Waals surface area contributed by atoms with Crippen LogP contribution in [0.3, 0.4) is 0 Å². The number of azide groups is 2. The molecule has 0 aliphatic rings. The molecule has 2 N–H and O–H groups in total. The van der Waals surface area contributed by atoms with Crippen LogP contribution in [0.4, 0.5) is 0 Å². The standard InChI is InChI=1S/C22H46N8O8/c23-1-7-31-13-16-34-10-4-30(5-11-35-17-21-37-19-14-32-8-2-26-28-24)6-12-36-18-22-38-20-15-33-9-3-27-29-25/h1-23H2. The molecule has 38 heavy (non-hydrogen) atoms. The lowest BCUT2D eigenvalue weighted by Crippen LogP contribution is -2.34. The Bertz CT molecular complexity index is 544. The van der Waals surface area contributed by atoms with Crippen molar-refractivity contribution in [3.63, 3.8) is 0 Å². The van der Waals surface area contributed by atoms with E-state index in [1.165, 1.54) is 0 Å². The van der Waals surface area contributed by atoms with E-state index < -0.39 is 0 Å². The molecule has 16 heteroatoms. The third-order valence-electron chi connectivity index (χ3n) is 4.58. The quantitative estimate of drug-likeness (QED) is 0.0545. The van der Waals surface area contributed by atoms with Crippen LogP contribution < -0.4 is 5.73 Å². The Morgan fingerprint density at radius 3 is 1.05 bits per heavy atom. The molecule has 0 saturated heterocycles. The maximum atomic E-state index is 8.18. The fourth-order valence-corrected chi connectivity index (χ4v) is 2.71. The van der Waals surface area contributed by atoms with Crippen molar-refractivity contribution in [2.24, 2.45) is 16.0 Å². The first-order valence-corrected chi connectivity index (χ1v) is 12.9. The van der Waals surface area contributed by atoms with Crippen LogP contribution in [0.5, 0.6) is 0 Å². The first-order chi connectivity index (χ1) is 18.8. The molecule has 0 bridgehead atoms. The van der Waals surface area contributed by atoms with Gasteiger partial charge in [0.15, 0.2) is 0 Å². The van der Waals surface area contributed by atoms with Gasteiger partial charge in [-0.15, -0.1) is 0 Å². The van der Waals surface area contributed by atoms with Crippen molar-refractivity contribution in [3.8, 4) is 0 Å². The summed E-state index contributed by atoms with van der Waals surface area (Å²) in [6, 6.07) is 0. The predicted molar refractivity (Wildman–Crippen MR) is 140 cm³/mol. The van der Waals surface area contributed by atoms with E-state index in [4.69, 9.17) is 54.7 Å². The van der Waals surface area contributed by atoms with Gasteiger partial charge < -0.3 is 43.6 Å². The minimum atomic E-state index is 0.319. The number of hydrogen-bond acceptors (Lipinski definition) is 12. The van der Waals surface area contributed by atoms with E-state index in [1.54, 1.807) is 0 Å². The van der Waals surface area contributed by atoms with E-state index in [9.17, 15) is 0 Å². The summed E-state index contributed by atoms with van der Waals surface area (Å²) in [5, 5.41) is 6.78. The van der Waals surface area contributed by atoms with E-state index in [2.05, 4.69) is 25.0 Å². The first-order valence-electron chi connectivity index (χ1n) is 12.9. The van der Waals surface area contributed by atoms with E-state index in [1.807, 2.05) is 0 Å². The Hall–Kier alpha value is -1.78. The molecule has 0 aromatic heterocycles. The predicted octanol–water partition coefficient (Wildman–Crippen LogP) is 1.00. The largest absolute Gasteiger partial charge is 0.379 e. The van der Waals surface area contributed by atoms with Crippen LogP contribution in [0.1, 0.15) is 0 Å². The van der Waals surface area contributed by atoms with Crippen LogP contribution in [0.15, 0.2) is 10.2 Å². The van der Waals surface area contributed by atoms with Crippen molar-refractivity contribution in [3.05, 3.63) is 20.9 Å². The molecule has 0 aromatic rings. The summed E-state index contributed by atoms with van der Waals surface area (Å²) in [4.78, 5) is 7.53. The highest BCUT2D eigenvalue weighted by Crippen LogP contribution is 1.93. The molecular formula is C22H46N8O8. The average molecular weight is 551 g/mol. The molecule has 0 spiro atoms. The number of rotatable bonds is 32. The Morgan fingerprint density at radius 1 is 0.447 bits per heavy atom. The summed E-state index contributed by atoms with van der Waals surface area (Å²) in [5.74, 6) is 0. The monoisotopic (exact) mass is 550 g/mol. The minimum absolute atomic E-state index is 0.319. The van der Waals surface area contributed by atoms with Gasteiger partial charge in [-0.05, 0) is 11.1 Å².